The van der Waals surface area contributed by atoms with Gasteiger partial charge < -0.3 is 10.5 Å². The fourth-order valence-electron chi connectivity index (χ4n) is 1.50. The number of carbonyl (C=O) groups excluding carboxylic acids is 1. The van der Waals surface area contributed by atoms with Crippen LogP contribution in [0.5, 0.6) is 0 Å². The molecule has 0 aliphatic rings. The molecule has 0 aromatic heterocycles. The van der Waals surface area contributed by atoms with E-state index >= 15 is 0 Å². The maximum Gasteiger partial charge on any atom is 0.323 e. The van der Waals surface area contributed by atoms with E-state index in [1.807, 2.05) is 0 Å². The third kappa shape index (κ3) is 5.48. The number of halogens is 1. The monoisotopic (exact) mass is 319 g/mol. The number of carbonyl (C=O) groups is 1. The fraction of sp³-hybridized carbons (Fsp3) is 0.462. The lowest BCUT2D eigenvalue weighted by molar-refractivity contribution is -0.156. The van der Waals surface area contributed by atoms with Crippen LogP contribution in [-0.2, 0) is 25.0 Å². The van der Waals surface area contributed by atoms with Crippen molar-refractivity contribution in [1.29, 1.82) is 0 Å². The summed E-state index contributed by atoms with van der Waals surface area (Å²) in [5.74, 6) is -0.494. The predicted molar refractivity (Wildman–Crippen MR) is 77.0 cm³/mol. The number of rotatable bonds is 4. The Labute approximate surface area is 123 Å². The Bertz CT molecular complexity index is 575. The fourth-order valence-corrected chi connectivity index (χ4v) is 2.27. The van der Waals surface area contributed by atoms with Crippen LogP contribution in [0.1, 0.15) is 26.3 Å². The predicted octanol–water partition coefficient (Wildman–Crippen LogP) is 1.83. The van der Waals surface area contributed by atoms with Crippen molar-refractivity contribution in [2.75, 3.05) is 0 Å². The van der Waals surface area contributed by atoms with E-state index in [2.05, 4.69) is 0 Å². The van der Waals surface area contributed by atoms with Crippen LogP contribution in [0.3, 0.4) is 0 Å². The molecule has 0 saturated heterocycles. The summed E-state index contributed by atoms with van der Waals surface area (Å²) in [5.41, 5.74) is 5.90. The minimum absolute atomic E-state index is 0.00811. The molecule has 0 unspecified atom stereocenters. The van der Waals surface area contributed by atoms with E-state index in [9.17, 15) is 13.2 Å². The summed E-state index contributed by atoms with van der Waals surface area (Å²) in [6.45, 7) is 5.28. The highest BCUT2D eigenvalue weighted by Gasteiger charge is 2.22. The lowest BCUT2D eigenvalue weighted by Crippen LogP contribution is -2.38. The van der Waals surface area contributed by atoms with Gasteiger partial charge in [0.2, 0.25) is 0 Å². The summed E-state index contributed by atoms with van der Waals surface area (Å²) in [6.07, 6.45) is 0.261. The lowest BCUT2D eigenvalue weighted by Gasteiger charge is -2.22. The third-order valence-electron chi connectivity index (χ3n) is 2.37. The number of hydrogen-bond acceptors (Lipinski definition) is 5. The molecular formula is C13H18ClNO4S. The average Bonchev–Trinajstić information content (AvgIpc) is 2.26. The van der Waals surface area contributed by atoms with Gasteiger partial charge in [0.25, 0.3) is 9.05 Å². The van der Waals surface area contributed by atoms with Gasteiger partial charge in [0, 0.05) is 10.7 Å². The number of benzene rings is 1. The van der Waals surface area contributed by atoms with Crippen LogP contribution in [0, 0.1) is 0 Å². The molecule has 0 amide bonds. The van der Waals surface area contributed by atoms with Crippen molar-refractivity contribution in [3.63, 3.8) is 0 Å². The van der Waals surface area contributed by atoms with Crippen LogP contribution < -0.4 is 5.73 Å². The number of hydrogen-bond donors (Lipinski definition) is 1. The maximum atomic E-state index is 11.7. The van der Waals surface area contributed by atoms with E-state index < -0.39 is 26.7 Å². The number of esters is 1. The van der Waals surface area contributed by atoms with E-state index in [-0.39, 0.29) is 11.3 Å². The molecule has 0 saturated carbocycles. The highest BCUT2D eigenvalue weighted by Crippen LogP contribution is 2.16. The normalized spacial score (nSPS) is 13.8. The zero-order chi connectivity index (χ0) is 15.6. The van der Waals surface area contributed by atoms with Gasteiger partial charge in [-0.15, -0.1) is 0 Å². The first-order valence-corrected chi connectivity index (χ1v) is 8.32. The summed E-state index contributed by atoms with van der Waals surface area (Å²) in [7, 11) is 1.47. The standard InChI is InChI=1S/C13H18ClNO4S/c1-13(2,3)19-12(16)11(15)8-9-4-6-10(7-5-9)20(14,17)18/h4-7,11H,8,15H2,1-3H3/t11-/m0/s1. The Kier molecular flexibility index (Phi) is 5.18. The van der Waals surface area contributed by atoms with Gasteiger partial charge in [0.15, 0.2) is 0 Å². The Balaban J connectivity index is 2.72. The molecular weight excluding hydrogens is 302 g/mol. The van der Waals surface area contributed by atoms with Crippen molar-refractivity contribution >= 4 is 25.7 Å². The second-order valence-corrected chi connectivity index (χ2v) is 7.99. The summed E-state index contributed by atoms with van der Waals surface area (Å²) in [5, 5.41) is 0. The van der Waals surface area contributed by atoms with E-state index in [0.29, 0.717) is 0 Å². The third-order valence-corrected chi connectivity index (χ3v) is 3.74. The molecule has 112 valence electrons. The van der Waals surface area contributed by atoms with E-state index in [1.165, 1.54) is 12.1 Å². The topological polar surface area (TPSA) is 86.5 Å². The Morgan fingerprint density at radius 3 is 2.20 bits per heavy atom. The second-order valence-electron chi connectivity index (χ2n) is 5.43. The molecule has 0 radical (unpaired) electrons. The summed E-state index contributed by atoms with van der Waals surface area (Å²) < 4.78 is 27.4. The molecule has 1 atom stereocenters. The van der Waals surface area contributed by atoms with Crippen LogP contribution in [0.4, 0.5) is 0 Å². The van der Waals surface area contributed by atoms with Crippen LogP contribution in [0.15, 0.2) is 29.2 Å². The smallest absolute Gasteiger partial charge is 0.323 e. The summed E-state index contributed by atoms with van der Waals surface area (Å²) in [4.78, 5) is 11.7. The quantitative estimate of drug-likeness (QED) is 0.675. The molecule has 1 aromatic carbocycles. The van der Waals surface area contributed by atoms with Gasteiger partial charge in [0.1, 0.15) is 11.6 Å². The zero-order valence-electron chi connectivity index (χ0n) is 11.6. The highest BCUT2D eigenvalue weighted by molar-refractivity contribution is 8.13. The molecule has 20 heavy (non-hydrogen) atoms. The molecule has 0 spiro atoms. The molecule has 5 nitrogen and oxygen atoms in total. The Morgan fingerprint density at radius 2 is 1.80 bits per heavy atom. The van der Waals surface area contributed by atoms with E-state index in [1.54, 1.807) is 32.9 Å². The molecule has 0 heterocycles. The minimum Gasteiger partial charge on any atom is -0.459 e. The molecule has 0 bridgehead atoms. The van der Waals surface area contributed by atoms with Crippen molar-refractivity contribution in [2.45, 2.75) is 43.7 Å². The summed E-state index contributed by atoms with van der Waals surface area (Å²) in [6, 6.07) is 5.09. The van der Waals surface area contributed by atoms with Gasteiger partial charge in [0.05, 0.1) is 4.90 Å². The molecule has 2 N–H and O–H groups in total. The van der Waals surface area contributed by atoms with Crippen molar-refractivity contribution in [2.24, 2.45) is 5.73 Å². The van der Waals surface area contributed by atoms with Crippen LogP contribution >= 0.6 is 10.7 Å². The van der Waals surface area contributed by atoms with Crippen LogP contribution in [0.25, 0.3) is 0 Å². The van der Waals surface area contributed by atoms with Gasteiger partial charge in [-0.25, -0.2) is 8.42 Å². The molecule has 7 heteroatoms. The maximum absolute atomic E-state index is 11.7. The van der Waals surface area contributed by atoms with Crippen LogP contribution in [0.2, 0.25) is 0 Å². The first-order chi connectivity index (χ1) is 8.99. The number of nitrogens with two attached hydrogens (primary N) is 1. The van der Waals surface area contributed by atoms with Crippen molar-refractivity contribution in [3.8, 4) is 0 Å². The molecule has 0 aliphatic carbocycles. The summed E-state index contributed by atoms with van der Waals surface area (Å²) >= 11 is 0. The number of ether oxygens (including phenoxy) is 1. The van der Waals surface area contributed by atoms with Crippen molar-refractivity contribution in [3.05, 3.63) is 29.8 Å². The van der Waals surface area contributed by atoms with E-state index in [4.69, 9.17) is 21.2 Å². The second kappa shape index (κ2) is 6.11. The average molecular weight is 320 g/mol. The Morgan fingerprint density at radius 1 is 1.30 bits per heavy atom. The van der Waals surface area contributed by atoms with Gasteiger partial charge in [-0.2, -0.15) is 0 Å². The van der Waals surface area contributed by atoms with Gasteiger partial charge in [-0.05, 0) is 44.9 Å². The Hall–Kier alpha value is -1.11. The molecule has 1 rings (SSSR count). The largest absolute Gasteiger partial charge is 0.459 e. The first-order valence-electron chi connectivity index (χ1n) is 6.01. The van der Waals surface area contributed by atoms with Crippen molar-refractivity contribution in [1.82, 2.24) is 0 Å². The zero-order valence-corrected chi connectivity index (χ0v) is 13.2. The lowest BCUT2D eigenvalue weighted by atomic mass is 10.1. The van der Waals surface area contributed by atoms with Gasteiger partial charge in [-0.1, -0.05) is 12.1 Å². The van der Waals surface area contributed by atoms with Gasteiger partial charge >= 0.3 is 5.97 Å². The first kappa shape index (κ1) is 16.9. The highest BCUT2D eigenvalue weighted by atomic mass is 35.7. The minimum atomic E-state index is -3.74. The van der Waals surface area contributed by atoms with Crippen LogP contribution in [-0.4, -0.2) is 26.0 Å². The molecule has 0 fully saturated rings. The van der Waals surface area contributed by atoms with Gasteiger partial charge in [-0.3, -0.25) is 4.79 Å². The molecule has 1 aromatic rings. The SMILES string of the molecule is CC(C)(C)OC(=O)[C@@H](N)Cc1ccc(S(=O)(=O)Cl)cc1. The van der Waals surface area contributed by atoms with E-state index in [0.717, 1.165) is 5.56 Å². The van der Waals surface area contributed by atoms with Crippen molar-refractivity contribution < 1.29 is 17.9 Å². The molecule has 0 aliphatic heterocycles.